The zero-order chi connectivity index (χ0) is 27.9. The van der Waals surface area contributed by atoms with E-state index in [1.165, 1.54) is 4.90 Å². The van der Waals surface area contributed by atoms with E-state index >= 15 is 0 Å². The fourth-order valence-electron chi connectivity index (χ4n) is 4.32. The smallest absolute Gasteiger partial charge is 0.410 e. The Morgan fingerprint density at radius 2 is 1.92 bits per heavy atom. The molecule has 206 valence electrons. The van der Waals surface area contributed by atoms with Gasteiger partial charge in [0.25, 0.3) is 11.8 Å². The molecule has 1 aromatic carbocycles. The van der Waals surface area contributed by atoms with Gasteiger partial charge in [0.2, 0.25) is 0 Å². The number of hydrogen-bond donors (Lipinski definition) is 2. The van der Waals surface area contributed by atoms with Crippen molar-refractivity contribution >= 4 is 17.7 Å². The summed E-state index contributed by atoms with van der Waals surface area (Å²) < 4.78 is 34.5. The highest BCUT2D eigenvalue weighted by atomic mass is 19.3. The average molecular weight is 529 g/mol. The molecule has 1 fully saturated rings. The molecule has 1 aromatic heterocycles. The lowest BCUT2D eigenvalue weighted by molar-refractivity contribution is -0.107. The Hall–Kier alpha value is -3.49. The second-order valence-corrected chi connectivity index (χ2v) is 10.7. The molecule has 2 aromatic rings. The summed E-state index contributed by atoms with van der Waals surface area (Å²) in [5, 5.41) is 5.80. The summed E-state index contributed by atoms with van der Waals surface area (Å²) in [5.41, 5.74) is 2.67. The Bertz CT molecular complexity index is 1130. The van der Waals surface area contributed by atoms with Gasteiger partial charge < -0.3 is 20.3 Å². The van der Waals surface area contributed by atoms with Crippen molar-refractivity contribution in [1.82, 2.24) is 20.5 Å². The molecule has 2 heterocycles. The van der Waals surface area contributed by atoms with Crippen LogP contribution in [-0.4, -0.2) is 60.1 Å². The third-order valence-corrected chi connectivity index (χ3v) is 6.40. The van der Waals surface area contributed by atoms with Crippen LogP contribution in [0.25, 0.3) is 5.70 Å². The molecule has 1 unspecified atom stereocenters. The monoisotopic (exact) mass is 528 g/mol. The molecule has 0 spiro atoms. The SMILES string of the molecule is C=C(NC)c1cc(C(=O)NCCCC2CN(C(=O)OC(C)(C)C)CCC2(F)F)cc(Cc2ccccc2)n1. The first-order chi connectivity index (χ1) is 17.9. The maximum Gasteiger partial charge on any atom is 0.410 e. The third-order valence-electron chi connectivity index (χ3n) is 6.40. The molecule has 0 saturated carbocycles. The number of halogens is 2. The highest BCUT2D eigenvalue weighted by molar-refractivity contribution is 5.95. The normalized spacial score (nSPS) is 17.0. The van der Waals surface area contributed by atoms with Crippen LogP contribution in [0.4, 0.5) is 13.6 Å². The number of pyridine rings is 1. The van der Waals surface area contributed by atoms with Crippen molar-refractivity contribution in [1.29, 1.82) is 0 Å². The van der Waals surface area contributed by atoms with E-state index in [9.17, 15) is 18.4 Å². The van der Waals surface area contributed by atoms with Crippen LogP contribution in [0.2, 0.25) is 0 Å². The number of benzene rings is 1. The molecule has 0 aliphatic carbocycles. The van der Waals surface area contributed by atoms with Crippen molar-refractivity contribution in [3.63, 3.8) is 0 Å². The lowest BCUT2D eigenvalue weighted by atomic mass is 9.89. The average Bonchev–Trinajstić information content (AvgIpc) is 2.86. The minimum absolute atomic E-state index is 0.0389. The summed E-state index contributed by atoms with van der Waals surface area (Å²) in [7, 11) is 1.73. The van der Waals surface area contributed by atoms with E-state index in [4.69, 9.17) is 4.74 Å². The number of aromatic nitrogens is 1. The summed E-state index contributed by atoms with van der Waals surface area (Å²) in [4.78, 5) is 31.3. The molecule has 2 N–H and O–H groups in total. The number of likely N-dealkylation sites (tertiary alicyclic amines) is 1. The Balaban J connectivity index is 1.60. The second kappa shape index (κ2) is 12.4. The van der Waals surface area contributed by atoms with Crippen LogP contribution in [0.5, 0.6) is 0 Å². The van der Waals surface area contributed by atoms with Gasteiger partial charge in [-0.1, -0.05) is 36.9 Å². The molecule has 1 atom stereocenters. The van der Waals surface area contributed by atoms with Crippen LogP contribution in [0.1, 0.15) is 67.3 Å². The minimum atomic E-state index is -2.87. The molecule has 9 heteroatoms. The number of hydrogen-bond acceptors (Lipinski definition) is 5. The van der Waals surface area contributed by atoms with E-state index in [2.05, 4.69) is 22.2 Å². The fourth-order valence-corrected chi connectivity index (χ4v) is 4.32. The zero-order valence-corrected chi connectivity index (χ0v) is 22.7. The third kappa shape index (κ3) is 8.26. The Labute approximate surface area is 223 Å². The number of nitrogens with zero attached hydrogens (tertiary/aromatic N) is 2. The highest BCUT2D eigenvalue weighted by Gasteiger charge is 2.45. The first kappa shape index (κ1) is 29.1. The van der Waals surface area contributed by atoms with E-state index in [0.29, 0.717) is 29.8 Å². The molecule has 1 saturated heterocycles. The predicted molar refractivity (Wildman–Crippen MR) is 144 cm³/mol. The topological polar surface area (TPSA) is 83.6 Å². The number of amides is 2. The summed E-state index contributed by atoms with van der Waals surface area (Å²) in [6.45, 7) is 9.31. The largest absolute Gasteiger partial charge is 0.444 e. The quantitative estimate of drug-likeness (QED) is 0.434. The minimum Gasteiger partial charge on any atom is -0.444 e. The lowest BCUT2D eigenvalue weighted by Crippen LogP contribution is -2.50. The molecule has 7 nitrogen and oxygen atoms in total. The number of piperidine rings is 1. The van der Waals surface area contributed by atoms with Gasteiger partial charge in [-0.05, 0) is 51.3 Å². The van der Waals surface area contributed by atoms with Crippen molar-refractivity contribution in [3.05, 3.63) is 71.6 Å². The van der Waals surface area contributed by atoms with Gasteiger partial charge in [-0.25, -0.2) is 13.6 Å². The van der Waals surface area contributed by atoms with E-state index in [1.54, 1.807) is 40.0 Å². The molecular weight excluding hydrogens is 490 g/mol. The van der Waals surface area contributed by atoms with Gasteiger partial charge in [-0.2, -0.15) is 0 Å². The van der Waals surface area contributed by atoms with Crippen LogP contribution in [0.15, 0.2) is 49.0 Å². The van der Waals surface area contributed by atoms with Crippen molar-refractivity contribution in [2.45, 2.75) is 58.0 Å². The van der Waals surface area contributed by atoms with Crippen molar-refractivity contribution < 1.29 is 23.1 Å². The van der Waals surface area contributed by atoms with Crippen LogP contribution in [0, 0.1) is 5.92 Å². The van der Waals surface area contributed by atoms with Gasteiger partial charge in [-0.15, -0.1) is 0 Å². The van der Waals surface area contributed by atoms with Gasteiger partial charge >= 0.3 is 6.09 Å². The Morgan fingerprint density at radius 3 is 2.58 bits per heavy atom. The van der Waals surface area contributed by atoms with Crippen molar-refractivity contribution in [2.75, 3.05) is 26.7 Å². The molecular formula is C29H38F2N4O3. The number of carbonyl (C=O) groups is 2. The molecule has 1 aliphatic rings. The number of rotatable bonds is 9. The summed E-state index contributed by atoms with van der Waals surface area (Å²) in [6.07, 6.45) is 0.101. The molecule has 0 radical (unpaired) electrons. The summed E-state index contributed by atoms with van der Waals surface area (Å²) in [5.74, 6) is -4.18. The Morgan fingerprint density at radius 1 is 1.21 bits per heavy atom. The van der Waals surface area contributed by atoms with Crippen LogP contribution in [-0.2, 0) is 11.2 Å². The van der Waals surface area contributed by atoms with Crippen LogP contribution < -0.4 is 10.6 Å². The maximum atomic E-state index is 14.6. The molecule has 3 rings (SSSR count). The van der Waals surface area contributed by atoms with Gasteiger partial charge in [0.05, 0.1) is 11.4 Å². The van der Waals surface area contributed by atoms with Gasteiger partial charge in [0, 0.05) is 56.7 Å². The second-order valence-electron chi connectivity index (χ2n) is 10.7. The lowest BCUT2D eigenvalue weighted by Gasteiger charge is -2.38. The number of carbonyl (C=O) groups excluding carboxylic acids is 2. The van der Waals surface area contributed by atoms with E-state index in [1.807, 2.05) is 30.3 Å². The first-order valence-electron chi connectivity index (χ1n) is 12.9. The predicted octanol–water partition coefficient (Wildman–Crippen LogP) is 5.26. The van der Waals surface area contributed by atoms with Crippen molar-refractivity contribution in [3.8, 4) is 0 Å². The van der Waals surface area contributed by atoms with Crippen LogP contribution in [0.3, 0.4) is 0 Å². The number of nitrogens with one attached hydrogen (secondary N) is 2. The molecule has 0 bridgehead atoms. The highest BCUT2D eigenvalue weighted by Crippen LogP contribution is 2.36. The summed E-state index contributed by atoms with van der Waals surface area (Å²) in [6, 6.07) is 13.2. The number of alkyl halides is 2. The first-order valence-corrected chi connectivity index (χ1v) is 12.9. The number of ether oxygens (including phenoxy) is 1. The zero-order valence-electron chi connectivity index (χ0n) is 22.7. The van der Waals surface area contributed by atoms with E-state index in [0.717, 1.165) is 11.3 Å². The van der Waals surface area contributed by atoms with Crippen LogP contribution >= 0.6 is 0 Å². The summed E-state index contributed by atoms with van der Waals surface area (Å²) >= 11 is 0. The molecule has 2 amide bonds. The maximum absolute atomic E-state index is 14.6. The fraction of sp³-hybridized carbons (Fsp3) is 0.483. The van der Waals surface area contributed by atoms with E-state index < -0.39 is 30.0 Å². The van der Waals surface area contributed by atoms with Crippen molar-refractivity contribution in [2.24, 2.45) is 5.92 Å². The van der Waals surface area contributed by atoms with Gasteiger partial charge in [-0.3, -0.25) is 9.78 Å². The Kier molecular flexibility index (Phi) is 9.46. The molecule has 38 heavy (non-hydrogen) atoms. The van der Waals surface area contributed by atoms with Gasteiger partial charge in [0.15, 0.2) is 0 Å². The molecule has 1 aliphatic heterocycles. The van der Waals surface area contributed by atoms with E-state index in [-0.39, 0.29) is 32.0 Å². The van der Waals surface area contributed by atoms with Gasteiger partial charge in [0.1, 0.15) is 5.60 Å². The standard InChI is InChI=1S/C29H38F2N4O3/c1-20(32-5)25-18-22(17-24(34-25)16-21-10-7-6-8-11-21)26(36)33-14-9-12-23-19-35(15-13-29(23,30)31)27(37)38-28(2,3)4/h6-8,10-11,17-18,23,32H,1,9,12-16,19H2,2-5H3,(H,33,36).